The first-order valence-electron chi connectivity index (χ1n) is 8.48. The van der Waals surface area contributed by atoms with Gasteiger partial charge in [0.05, 0.1) is 0 Å². The summed E-state index contributed by atoms with van der Waals surface area (Å²) in [4.78, 5) is 0. The predicted octanol–water partition coefficient (Wildman–Crippen LogP) is 6.56. The summed E-state index contributed by atoms with van der Waals surface area (Å²) in [6.45, 7) is 6.79. The Balaban J connectivity index is 2.14. The molecule has 124 valence electrons. The zero-order chi connectivity index (χ0) is 16.8. The molecule has 0 bridgehead atoms. The number of benzene rings is 2. The van der Waals surface area contributed by atoms with Crippen molar-refractivity contribution in [1.82, 2.24) is 0 Å². The van der Waals surface area contributed by atoms with Crippen LogP contribution in [0.4, 0.5) is 8.78 Å². The van der Waals surface area contributed by atoms with Crippen LogP contribution in [0.15, 0.2) is 48.5 Å². The van der Waals surface area contributed by atoms with Gasteiger partial charge in [0.25, 0.3) is 0 Å². The number of rotatable bonds is 7. The molecular weight excluding hydrogens is 290 g/mol. The molecule has 1 unspecified atom stereocenters. The fraction of sp³-hybridized carbons (Fsp3) is 0.429. The van der Waals surface area contributed by atoms with Crippen LogP contribution >= 0.6 is 0 Å². The summed E-state index contributed by atoms with van der Waals surface area (Å²) in [6.07, 6.45) is 3.28. The van der Waals surface area contributed by atoms with Gasteiger partial charge in [-0.25, -0.2) is 8.78 Å². The van der Waals surface area contributed by atoms with Crippen LogP contribution in [-0.4, -0.2) is 0 Å². The molecule has 2 heteroatoms. The summed E-state index contributed by atoms with van der Waals surface area (Å²) < 4.78 is 26.4. The molecule has 23 heavy (non-hydrogen) atoms. The molecule has 0 aliphatic rings. The maximum Gasteiger partial charge on any atom is 0.123 e. The van der Waals surface area contributed by atoms with E-state index in [0.717, 1.165) is 24.0 Å². The van der Waals surface area contributed by atoms with Gasteiger partial charge >= 0.3 is 0 Å². The van der Waals surface area contributed by atoms with E-state index in [1.807, 2.05) is 24.3 Å². The summed E-state index contributed by atoms with van der Waals surface area (Å²) in [6, 6.07) is 13.4. The molecule has 0 radical (unpaired) electrons. The highest BCUT2D eigenvalue weighted by atomic mass is 19.1. The second-order valence-corrected chi connectivity index (χ2v) is 6.81. The molecule has 0 aliphatic heterocycles. The average Bonchev–Trinajstić information content (AvgIpc) is 2.53. The van der Waals surface area contributed by atoms with E-state index in [9.17, 15) is 8.78 Å². The van der Waals surface area contributed by atoms with Crippen LogP contribution in [0.3, 0.4) is 0 Å². The van der Waals surface area contributed by atoms with E-state index in [2.05, 4.69) is 20.8 Å². The summed E-state index contributed by atoms with van der Waals surface area (Å²) >= 11 is 0. The van der Waals surface area contributed by atoms with Crippen molar-refractivity contribution >= 4 is 0 Å². The third kappa shape index (κ3) is 5.16. The van der Waals surface area contributed by atoms with Crippen molar-refractivity contribution in [2.24, 2.45) is 11.8 Å². The van der Waals surface area contributed by atoms with Crippen LogP contribution in [0, 0.1) is 23.5 Å². The molecule has 2 rings (SSSR count). The van der Waals surface area contributed by atoms with Crippen LogP contribution in [-0.2, 0) is 0 Å². The summed E-state index contributed by atoms with van der Waals surface area (Å²) in [5.41, 5.74) is 2.19. The van der Waals surface area contributed by atoms with Gasteiger partial charge in [0.1, 0.15) is 11.6 Å². The molecule has 0 aromatic heterocycles. The quantitative estimate of drug-likeness (QED) is 0.542. The Labute approximate surface area is 138 Å². The highest BCUT2D eigenvalue weighted by Gasteiger charge is 2.16. The standard InChI is InChI=1S/C21H26F2/c1-15(2)16(3)5-4-6-21(17-7-11-19(22)12-8-17)18-9-13-20(23)14-10-18/h7-16,21H,4-6H2,1-3H3. The topological polar surface area (TPSA) is 0 Å². The summed E-state index contributed by atoms with van der Waals surface area (Å²) in [5, 5.41) is 0. The predicted molar refractivity (Wildman–Crippen MR) is 92.5 cm³/mol. The van der Waals surface area contributed by atoms with E-state index in [4.69, 9.17) is 0 Å². The van der Waals surface area contributed by atoms with Gasteiger partial charge in [0.2, 0.25) is 0 Å². The molecule has 0 saturated heterocycles. The van der Waals surface area contributed by atoms with Crippen molar-refractivity contribution in [3.05, 3.63) is 71.3 Å². The van der Waals surface area contributed by atoms with E-state index in [1.54, 1.807) is 0 Å². The smallest absolute Gasteiger partial charge is 0.123 e. The fourth-order valence-electron chi connectivity index (χ4n) is 2.89. The second-order valence-electron chi connectivity index (χ2n) is 6.81. The third-order valence-corrected chi connectivity index (χ3v) is 4.84. The van der Waals surface area contributed by atoms with E-state index in [0.29, 0.717) is 11.8 Å². The van der Waals surface area contributed by atoms with E-state index >= 15 is 0 Å². The Morgan fingerprint density at radius 3 is 1.52 bits per heavy atom. The zero-order valence-corrected chi connectivity index (χ0v) is 14.2. The Hall–Kier alpha value is -1.70. The van der Waals surface area contributed by atoms with Crippen LogP contribution < -0.4 is 0 Å². The normalized spacial score (nSPS) is 12.8. The molecule has 0 aliphatic carbocycles. The lowest BCUT2D eigenvalue weighted by molar-refractivity contribution is 0.374. The maximum absolute atomic E-state index is 13.2. The average molecular weight is 316 g/mol. The van der Waals surface area contributed by atoms with Crippen molar-refractivity contribution in [2.45, 2.75) is 46.0 Å². The largest absolute Gasteiger partial charge is 0.207 e. The van der Waals surface area contributed by atoms with E-state index in [-0.39, 0.29) is 17.6 Å². The van der Waals surface area contributed by atoms with Crippen LogP contribution in [0.5, 0.6) is 0 Å². The van der Waals surface area contributed by atoms with Crippen molar-refractivity contribution in [3.63, 3.8) is 0 Å². The lowest BCUT2D eigenvalue weighted by Crippen LogP contribution is -2.06. The Bertz CT molecular complexity index is 539. The van der Waals surface area contributed by atoms with Crippen molar-refractivity contribution < 1.29 is 8.78 Å². The van der Waals surface area contributed by atoms with Crippen LogP contribution in [0.1, 0.15) is 57.1 Å². The van der Waals surface area contributed by atoms with Crippen molar-refractivity contribution in [2.75, 3.05) is 0 Å². The van der Waals surface area contributed by atoms with E-state index < -0.39 is 0 Å². The lowest BCUT2D eigenvalue weighted by atomic mass is 9.84. The van der Waals surface area contributed by atoms with Gasteiger partial charge in [-0.2, -0.15) is 0 Å². The minimum atomic E-state index is -0.222. The molecule has 0 saturated carbocycles. The number of halogens is 2. The molecule has 0 nitrogen and oxygen atoms in total. The van der Waals surface area contributed by atoms with Gasteiger partial charge in [-0.3, -0.25) is 0 Å². The maximum atomic E-state index is 13.2. The lowest BCUT2D eigenvalue weighted by Gasteiger charge is -2.20. The van der Waals surface area contributed by atoms with Gasteiger partial charge in [-0.15, -0.1) is 0 Å². The van der Waals surface area contributed by atoms with E-state index in [1.165, 1.54) is 30.7 Å². The minimum absolute atomic E-state index is 0.190. The second kappa shape index (κ2) is 8.24. The molecule has 1 atom stereocenters. The number of hydrogen-bond acceptors (Lipinski definition) is 0. The molecule has 0 heterocycles. The van der Waals surface area contributed by atoms with Gasteiger partial charge in [0.15, 0.2) is 0 Å². The Kier molecular flexibility index (Phi) is 6.32. The van der Waals surface area contributed by atoms with Crippen LogP contribution in [0.25, 0.3) is 0 Å². The first kappa shape index (κ1) is 17.7. The summed E-state index contributed by atoms with van der Waals surface area (Å²) in [7, 11) is 0. The van der Waals surface area contributed by atoms with Gasteiger partial charge in [-0.05, 0) is 53.6 Å². The first-order valence-corrected chi connectivity index (χ1v) is 8.48. The molecule has 0 spiro atoms. The minimum Gasteiger partial charge on any atom is -0.207 e. The molecule has 0 fully saturated rings. The Morgan fingerprint density at radius 1 is 0.696 bits per heavy atom. The molecule has 2 aromatic carbocycles. The highest BCUT2D eigenvalue weighted by Crippen LogP contribution is 2.31. The fourth-order valence-corrected chi connectivity index (χ4v) is 2.89. The van der Waals surface area contributed by atoms with Gasteiger partial charge in [-0.1, -0.05) is 57.9 Å². The number of hydrogen-bond donors (Lipinski definition) is 0. The SMILES string of the molecule is CC(C)C(C)CCCC(c1ccc(F)cc1)c1ccc(F)cc1. The van der Waals surface area contributed by atoms with Gasteiger partial charge in [0, 0.05) is 5.92 Å². The van der Waals surface area contributed by atoms with Crippen LogP contribution in [0.2, 0.25) is 0 Å². The van der Waals surface area contributed by atoms with Crippen molar-refractivity contribution in [3.8, 4) is 0 Å². The third-order valence-electron chi connectivity index (χ3n) is 4.84. The first-order chi connectivity index (χ1) is 11.0. The molecule has 2 aromatic rings. The molecule has 0 amide bonds. The molecular formula is C21H26F2. The van der Waals surface area contributed by atoms with Crippen molar-refractivity contribution in [1.29, 1.82) is 0 Å². The monoisotopic (exact) mass is 316 g/mol. The Morgan fingerprint density at radius 2 is 1.13 bits per heavy atom. The zero-order valence-electron chi connectivity index (χ0n) is 14.2. The molecule has 0 N–H and O–H groups in total. The van der Waals surface area contributed by atoms with Gasteiger partial charge < -0.3 is 0 Å². The summed E-state index contributed by atoms with van der Waals surface area (Å²) in [5.74, 6) is 1.12. The highest BCUT2D eigenvalue weighted by molar-refractivity contribution is 5.32.